The number of hydrogen-bond donors (Lipinski definition) is 1. The highest BCUT2D eigenvalue weighted by molar-refractivity contribution is 4.76. The van der Waals surface area contributed by atoms with Gasteiger partial charge in [-0.25, -0.2) is 4.39 Å². The minimum absolute atomic E-state index is 0.455. The van der Waals surface area contributed by atoms with Gasteiger partial charge in [0.25, 0.3) is 0 Å². The molecule has 0 aliphatic rings. The zero-order valence-corrected chi connectivity index (χ0v) is 3.39. The summed E-state index contributed by atoms with van der Waals surface area (Å²) >= 11 is 0. The lowest BCUT2D eigenvalue weighted by atomic mass is 10.4. The van der Waals surface area contributed by atoms with E-state index in [2.05, 4.69) is 6.58 Å². The highest BCUT2D eigenvalue weighted by Crippen LogP contribution is 1.85. The molecule has 1 atom stereocenters. The van der Waals surface area contributed by atoms with E-state index in [9.17, 15) is 4.39 Å². The normalized spacial score (nSPS) is 13.7. The van der Waals surface area contributed by atoms with Gasteiger partial charge < -0.3 is 5.11 Å². The molecule has 0 bridgehead atoms. The second-order valence-corrected chi connectivity index (χ2v) is 0.934. The van der Waals surface area contributed by atoms with Crippen molar-refractivity contribution in [1.29, 1.82) is 0 Å². The Labute approximate surface area is 36.1 Å². The van der Waals surface area contributed by atoms with Crippen molar-refractivity contribution in [3.63, 3.8) is 0 Å². The lowest BCUT2D eigenvalue weighted by Crippen LogP contribution is -1.98. The molecular weight excluding hydrogens is 83.0 g/mol. The predicted molar refractivity (Wildman–Crippen MR) is 22.2 cm³/mol. The summed E-state index contributed by atoms with van der Waals surface area (Å²) in [4.78, 5) is 0. The van der Waals surface area contributed by atoms with E-state index >= 15 is 0 Å². The minimum Gasteiger partial charge on any atom is -0.393 e. The summed E-state index contributed by atoms with van der Waals surface area (Å²) in [5.41, 5.74) is 0. The average Bonchev–Trinajstić information content (AvgIpc) is 1.65. The van der Waals surface area contributed by atoms with E-state index in [0.29, 0.717) is 0 Å². The van der Waals surface area contributed by atoms with Crippen LogP contribution in [0.5, 0.6) is 0 Å². The Morgan fingerprint density at radius 1 is 2.00 bits per heavy atom. The summed E-state index contributed by atoms with van der Waals surface area (Å²) in [5.74, 6) is 0. The van der Waals surface area contributed by atoms with Gasteiger partial charge >= 0.3 is 0 Å². The molecule has 1 N–H and O–H groups in total. The molecule has 0 spiro atoms. The van der Waals surface area contributed by atoms with Crippen molar-refractivity contribution in [1.82, 2.24) is 0 Å². The Kier molecular flexibility index (Phi) is 2.67. The standard InChI is InChI=1S/C4H7FO/c1-2-4(5)3-6/h2,4,6H,1,3H2/t4-/m1/s1. The largest absolute Gasteiger partial charge is 0.393 e. The lowest BCUT2D eigenvalue weighted by molar-refractivity contribution is 0.210. The van der Waals surface area contributed by atoms with Gasteiger partial charge in [0.2, 0.25) is 0 Å². The smallest absolute Gasteiger partial charge is 0.141 e. The molecule has 0 rings (SSSR count). The molecular formula is C4H7FO. The molecule has 0 amide bonds. The van der Waals surface area contributed by atoms with Gasteiger partial charge in [-0.3, -0.25) is 0 Å². The van der Waals surface area contributed by atoms with E-state index < -0.39 is 12.8 Å². The summed E-state index contributed by atoms with van der Waals surface area (Å²) in [6, 6.07) is 0. The number of alkyl halides is 1. The highest BCUT2D eigenvalue weighted by Gasteiger charge is 1.91. The Morgan fingerprint density at radius 3 is 2.50 bits per heavy atom. The molecule has 2 heteroatoms. The van der Waals surface area contributed by atoms with Gasteiger partial charge in [0, 0.05) is 0 Å². The first kappa shape index (κ1) is 5.63. The molecule has 0 aromatic carbocycles. The summed E-state index contributed by atoms with van der Waals surface area (Å²) in [7, 11) is 0. The summed E-state index contributed by atoms with van der Waals surface area (Å²) in [6.45, 7) is 2.64. The molecule has 0 radical (unpaired) electrons. The van der Waals surface area contributed by atoms with Crippen LogP contribution in [0.25, 0.3) is 0 Å². The summed E-state index contributed by atoms with van der Waals surface area (Å²) in [5, 5.41) is 7.89. The Balaban J connectivity index is 2.96. The molecule has 6 heavy (non-hydrogen) atoms. The van der Waals surface area contributed by atoms with Crippen LogP contribution in [0.15, 0.2) is 12.7 Å². The summed E-state index contributed by atoms with van der Waals surface area (Å²) < 4.78 is 11.5. The third-order valence-electron chi connectivity index (χ3n) is 0.430. The second-order valence-electron chi connectivity index (χ2n) is 0.934. The van der Waals surface area contributed by atoms with Crippen LogP contribution in [0.4, 0.5) is 4.39 Å². The maximum atomic E-state index is 11.5. The molecule has 0 aliphatic heterocycles. The minimum atomic E-state index is -1.25. The van der Waals surface area contributed by atoms with Crippen LogP contribution in [0.2, 0.25) is 0 Å². The molecule has 0 aromatic rings. The third-order valence-corrected chi connectivity index (χ3v) is 0.430. The van der Waals surface area contributed by atoms with E-state index in [1.54, 1.807) is 0 Å². The van der Waals surface area contributed by atoms with E-state index in [1.807, 2.05) is 0 Å². The molecule has 36 valence electrons. The van der Waals surface area contributed by atoms with Crippen LogP contribution in [0, 0.1) is 0 Å². The SMILES string of the molecule is C=C[C@@H](F)CO. The van der Waals surface area contributed by atoms with Crippen molar-refractivity contribution in [3.05, 3.63) is 12.7 Å². The van der Waals surface area contributed by atoms with Crippen LogP contribution in [0.3, 0.4) is 0 Å². The molecule has 0 saturated carbocycles. The number of rotatable bonds is 2. The maximum Gasteiger partial charge on any atom is 0.141 e. The first-order valence-electron chi connectivity index (χ1n) is 1.68. The Hall–Kier alpha value is -0.370. The average molecular weight is 90.1 g/mol. The quantitative estimate of drug-likeness (QED) is 0.489. The van der Waals surface area contributed by atoms with Crippen LogP contribution in [-0.4, -0.2) is 17.9 Å². The van der Waals surface area contributed by atoms with Crippen LogP contribution < -0.4 is 0 Å². The molecule has 0 aliphatic carbocycles. The van der Waals surface area contributed by atoms with Gasteiger partial charge in [0.05, 0.1) is 6.61 Å². The molecule has 0 heterocycles. The van der Waals surface area contributed by atoms with Crippen molar-refractivity contribution < 1.29 is 9.50 Å². The zero-order chi connectivity index (χ0) is 4.99. The predicted octanol–water partition coefficient (Wildman–Crippen LogP) is 0.503. The van der Waals surface area contributed by atoms with Crippen molar-refractivity contribution in [2.24, 2.45) is 0 Å². The van der Waals surface area contributed by atoms with E-state index in [-0.39, 0.29) is 0 Å². The van der Waals surface area contributed by atoms with Crippen LogP contribution in [-0.2, 0) is 0 Å². The number of hydrogen-bond acceptors (Lipinski definition) is 1. The highest BCUT2D eigenvalue weighted by atomic mass is 19.1. The van der Waals surface area contributed by atoms with E-state index in [4.69, 9.17) is 5.11 Å². The van der Waals surface area contributed by atoms with Crippen molar-refractivity contribution in [3.8, 4) is 0 Å². The van der Waals surface area contributed by atoms with Crippen LogP contribution in [0.1, 0.15) is 0 Å². The van der Waals surface area contributed by atoms with Gasteiger partial charge in [-0.2, -0.15) is 0 Å². The van der Waals surface area contributed by atoms with Gasteiger partial charge in [0.1, 0.15) is 6.17 Å². The molecule has 0 aromatic heterocycles. The third kappa shape index (κ3) is 1.91. The Bertz CT molecular complexity index is 44.8. The zero-order valence-electron chi connectivity index (χ0n) is 3.39. The van der Waals surface area contributed by atoms with Crippen molar-refractivity contribution in [2.45, 2.75) is 6.17 Å². The second kappa shape index (κ2) is 2.85. The molecule has 0 saturated heterocycles. The van der Waals surface area contributed by atoms with Gasteiger partial charge in [-0.05, 0) is 0 Å². The van der Waals surface area contributed by atoms with Gasteiger partial charge in [-0.15, -0.1) is 6.58 Å². The first-order chi connectivity index (χ1) is 2.81. The lowest BCUT2D eigenvalue weighted by Gasteiger charge is -1.88. The first-order valence-corrected chi connectivity index (χ1v) is 1.68. The fraction of sp³-hybridized carbons (Fsp3) is 0.500. The van der Waals surface area contributed by atoms with E-state index in [1.165, 1.54) is 0 Å². The van der Waals surface area contributed by atoms with E-state index in [0.717, 1.165) is 6.08 Å². The topological polar surface area (TPSA) is 20.2 Å². The van der Waals surface area contributed by atoms with Gasteiger partial charge in [0.15, 0.2) is 0 Å². The maximum absolute atomic E-state index is 11.5. The molecule has 0 fully saturated rings. The Morgan fingerprint density at radius 2 is 2.50 bits per heavy atom. The molecule has 0 unspecified atom stereocenters. The molecule has 1 nitrogen and oxygen atoms in total. The fourth-order valence-corrected chi connectivity index (χ4v) is 0.0745. The monoisotopic (exact) mass is 90.0 g/mol. The number of aliphatic hydroxyl groups excluding tert-OH is 1. The fourth-order valence-electron chi connectivity index (χ4n) is 0.0745. The summed E-state index contributed by atoms with van der Waals surface area (Å²) in [6.07, 6.45) is -0.190. The number of halogens is 1. The van der Waals surface area contributed by atoms with Crippen LogP contribution >= 0.6 is 0 Å². The number of aliphatic hydroxyl groups is 1. The van der Waals surface area contributed by atoms with Crippen molar-refractivity contribution in [2.75, 3.05) is 6.61 Å². The van der Waals surface area contributed by atoms with Crippen molar-refractivity contribution >= 4 is 0 Å². The van der Waals surface area contributed by atoms with Gasteiger partial charge in [-0.1, -0.05) is 6.08 Å².